The van der Waals surface area contributed by atoms with Crippen molar-refractivity contribution in [2.24, 2.45) is 0 Å². The number of phenolic OH excluding ortho intramolecular Hbond substituents is 4. The van der Waals surface area contributed by atoms with Crippen LogP contribution in [0, 0.1) is 0 Å². The van der Waals surface area contributed by atoms with Gasteiger partial charge in [0, 0.05) is 70.3 Å². The van der Waals surface area contributed by atoms with E-state index in [4.69, 9.17) is 5.10 Å². The minimum atomic E-state index is 0.0904. The van der Waals surface area contributed by atoms with Crippen LogP contribution in [0.25, 0.3) is 103 Å². The molecule has 2 heterocycles. The molecule has 0 saturated carbocycles. The van der Waals surface area contributed by atoms with E-state index in [0.29, 0.717) is 32.6 Å². The highest BCUT2D eigenvalue weighted by molar-refractivity contribution is 6.36. The number of nitrogens with one attached hydrogen (secondary N) is 1. The molecule has 244 valence electrons. The third-order valence-electron chi connectivity index (χ3n) is 11.3. The van der Waals surface area contributed by atoms with Gasteiger partial charge in [-0.1, -0.05) is 84.9 Å². The maximum absolute atomic E-state index is 12.0. The van der Waals surface area contributed by atoms with Crippen molar-refractivity contribution in [1.82, 2.24) is 9.61 Å². The predicted molar refractivity (Wildman–Crippen MR) is 212 cm³/mol. The lowest BCUT2D eigenvalue weighted by atomic mass is 9.89. The molecule has 10 aromatic carbocycles. The minimum absolute atomic E-state index is 0.0904. The number of aromatic hydroxyl groups is 4. The summed E-state index contributed by atoms with van der Waals surface area (Å²) in [5.74, 6) is 0.647. The van der Waals surface area contributed by atoms with Gasteiger partial charge in [-0.2, -0.15) is 5.10 Å². The van der Waals surface area contributed by atoms with Gasteiger partial charge < -0.3 is 25.7 Å². The summed E-state index contributed by atoms with van der Waals surface area (Å²) in [5, 5.41) is 67.5. The molecule has 0 spiro atoms. The smallest absolute Gasteiger partial charge is 0.133 e. The van der Waals surface area contributed by atoms with Crippen molar-refractivity contribution < 1.29 is 20.4 Å². The Balaban J connectivity index is 1.11. The normalized spacial score (nSPS) is 12.5. The third kappa shape index (κ3) is 3.19. The van der Waals surface area contributed by atoms with E-state index in [0.717, 1.165) is 81.5 Å². The molecule has 0 aliphatic heterocycles. The molecule has 0 atom stereocenters. The van der Waals surface area contributed by atoms with E-state index in [9.17, 15) is 20.4 Å². The van der Waals surface area contributed by atoms with Gasteiger partial charge in [0.15, 0.2) is 0 Å². The maximum Gasteiger partial charge on any atom is 0.133 e. The lowest BCUT2D eigenvalue weighted by molar-refractivity contribution is 0.478. The molecule has 12 aromatic rings. The Morgan fingerprint density at radius 2 is 0.962 bits per heavy atom. The summed E-state index contributed by atoms with van der Waals surface area (Å²) >= 11 is 0. The largest absolute Gasteiger partial charge is 0.507 e. The van der Waals surface area contributed by atoms with Crippen LogP contribution in [0.2, 0.25) is 0 Å². The number of fused-ring (bicyclic) bond motifs is 8. The number of hydrogen-bond donors (Lipinski definition) is 5. The topological polar surface area (TPSA) is 110 Å². The zero-order valence-corrected chi connectivity index (χ0v) is 27.2. The summed E-state index contributed by atoms with van der Waals surface area (Å²) < 4.78 is 2.01. The fraction of sp³-hybridized carbons (Fsp3) is 0. The number of pyridine rings is 1. The molecule has 7 nitrogen and oxygen atoms in total. The Morgan fingerprint density at radius 3 is 1.75 bits per heavy atom. The Bertz CT molecular complexity index is 3550. The standard InChI is InChI=1S/C45H25N3O4/c49-42-27-7-2-1-6-25(27)40-39-32(42)17-15-26-24-14-16-31-36-23(18-19-35(38(24)36)48(47-40)41(26)39)22-13-12-21(20-33(22)44(31)51)46-34-11-5-10-30-37(34)45(52)29-9-4-3-8-28(29)43(30)50/h1-20,46,49-52H. The van der Waals surface area contributed by atoms with E-state index < -0.39 is 0 Å². The summed E-state index contributed by atoms with van der Waals surface area (Å²) in [7, 11) is 0. The number of benzene rings is 10. The van der Waals surface area contributed by atoms with E-state index in [-0.39, 0.29) is 23.0 Å². The Hall–Kier alpha value is -7.25. The lowest BCUT2D eigenvalue weighted by Gasteiger charge is -2.18. The van der Waals surface area contributed by atoms with Crippen molar-refractivity contribution in [3.63, 3.8) is 0 Å². The number of hydrogen-bond acceptors (Lipinski definition) is 6. The fourth-order valence-corrected chi connectivity index (χ4v) is 9.01. The zero-order valence-electron chi connectivity index (χ0n) is 27.2. The molecule has 0 aliphatic carbocycles. The average molecular weight is 672 g/mol. The number of nitrogens with zero attached hydrogens (tertiary/aromatic N) is 2. The molecule has 5 N–H and O–H groups in total. The summed E-state index contributed by atoms with van der Waals surface area (Å²) in [6.07, 6.45) is 0. The Labute approximate surface area is 293 Å². The van der Waals surface area contributed by atoms with Crippen molar-refractivity contribution in [3.8, 4) is 23.0 Å². The first-order valence-corrected chi connectivity index (χ1v) is 17.1. The minimum Gasteiger partial charge on any atom is -0.507 e. The molecule has 2 aromatic heterocycles. The van der Waals surface area contributed by atoms with Crippen molar-refractivity contribution in [2.75, 3.05) is 5.32 Å². The Morgan fingerprint density at radius 1 is 0.404 bits per heavy atom. The molecule has 0 aliphatic rings. The molecular weight excluding hydrogens is 647 g/mol. The summed E-state index contributed by atoms with van der Waals surface area (Å²) in [4.78, 5) is 0. The van der Waals surface area contributed by atoms with Crippen molar-refractivity contribution >= 4 is 114 Å². The van der Waals surface area contributed by atoms with Crippen LogP contribution in [0.3, 0.4) is 0 Å². The molecule has 0 radical (unpaired) electrons. The molecule has 0 bridgehead atoms. The fourth-order valence-electron chi connectivity index (χ4n) is 9.01. The van der Waals surface area contributed by atoms with Crippen LogP contribution in [-0.2, 0) is 0 Å². The van der Waals surface area contributed by atoms with Crippen LogP contribution in [0.4, 0.5) is 11.4 Å². The molecular formula is C45H25N3O4. The maximum atomic E-state index is 12.0. The first-order chi connectivity index (χ1) is 25.5. The first-order valence-electron chi connectivity index (χ1n) is 17.1. The lowest BCUT2D eigenvalue weighted by Crippen LogP contribution is -1.96. The van der Waals surface area contributed by atoms with Gasteiger partial charge in [0.05, 0.1) is 22.1 Å². The summed E-state index contributed by atoms with van der Waals surface area (Å²) in [6.45, 7) is 0. The highest BCUT2D eigenvalue weighted by Crippen LogP contribution is 2.50. The molecule has 0 amide bonds. The van der Waals surface area contributed by atoms with Crippen molar-refractivity contribution in [2.45, 2.75) is 0 Å². The van der Waals surface area contributed by atoms with Crippen LogP contribution >= 0.6 is 0 Å². The summed E-state index contributed by atoms with van der Waals surface area (Å²) in [6, 6.07) is 38.9. The first kappa shape index (κ1) is 27.6. The second-order valence-electron chi connectivity index (χ2n) is 13.8. The molecule has 7 heteroatoms. The van der Waals surface area contributed by atoms with Gasteiger partial charge in [0.2, 0.25) is 0 Å². The molecule has 0 saturated heterocycles. The van der Waals surface area contributed by atoms with Crippen LogP contribution < -0.4 is 5.32 Å². The number of aromatic nitrogens is 2. The van der Waals surface area contributed by atoms with Gasteiger partial charge >= 0.3 is 0 Å². The second kappa shape index (κ2) is 9.29. The molecule has 52 heavy (non-hydrogen) atoms. The van der Waals surface area contributed by atoms with E-state index >= 15 is 0 Å². The average Bonchev–Trinajstić information content (AvgIpc) is 3.59. The monoisotopic (exact) mass is 671 g/mol. The van der Waals surface area contributed by atoms with Crippen LogP contribution in [0.5, 0.6) is 23.0 Å². The van der Waals surface area contributed by atoms with Crippen LogP contribution in [0.1, 0.15) is 0 Å². The number of rotatable bonds is 2. The van der Waals surface area contributed by atoms with Crippen molar-refractivity contribution in [3.05, 3.63) is 121 Å². The molecule has 12 rings (SSSR count). The quantitative estimate of drug-likeness (QED) is 0.0711. The predicted octanol–water partition coefficient (Wildman–Crippen LogP) is 11.2. The van der Waals surface area contributed by atoms with Gasteiger partial charge in [-0.25, -0.2) is 4.52 Å². The second-order valence-corrected chi connectivity index (χ2v) is 13.8. The van der Waals surface area contributed by atoms with E-state index in [1.165, 1.54) is 0 Å². The van der Waals surface area contributed by atoms with E-state index in [2.05, 4.69) is 29.6 Å². The van der Waals surface area contributed by atoms with E-state index in [1.807, 2.05) is 83.4 Å². The number of phenols is 4. The van der Waals surface area contributed by atoms with Gasteiger partial charge in [-0.15, -0.1) is 0 Å². The van der Waals surface area contributed by atoms with Crippen molar-refractivity contribution in [1.29, 1.82) is 0 Å². The third-order valence-corrected chi connectivity index (χ3v) is 11.3. The molecule has 0 unspecified atom stereocenters. The summed E-state index contributed by atoms with van der Waals surface area (Å²) in [5.41, 5.74) is 4.09. The van der Waals surface area contributed by atoms with Gasteiger partial charge in [0.25, 0.3) is 0 Å². The zero-order chi connectivity index (χ0) is 34.6. The Kier molecular flexibility index (Phi) is 4.93. The van der Waals surface area contributed by atoms with Crippen LogP contribution in [-0.4, -0.2) is 30.0 Å². The number of anilines is 2. The SMILES string of the molecule is Oc1c2ccccc2c(O)c2c(Nc3ccc4c(c3)c(O)c3ccc5c6ccc7c(O)c8ccccc8c8nn(c9ccc4c3c59)c6c78)cccc12. The van der Waals surface area contributed by atoms with Crippen LogP contribution in [0.15, 0.2) is 121 Å². The van der Waals surface area contributed by atoms with E-state index in [1.54, 1.807) is 18.2 Å². The van der Waals surface area contributed by atoms with Gasteiger partial charge in [-0.05, 0) is 52.6 Å². The van der Waals surface area contributed by atoms with Gasteiger partial charge in [0.1, 0.15) is 28.5 Å². The highest BCUT2D eigenvalue weighted by atomic mass is 16.3. The molecule has 0 fully saturated rings. The van der Waals surface area contributed by atoms with Gasteiger partial charge in [-0.3, -0.25) is 0 Å². The highest BCUT2D eigenvalue weighted by Gasteiger charge is 2.24.